The second-order valence-corrected chi connectivity index (χ2v) is 2.56. The summed E-state index contributed by atoms with van der Waals surface area (Å²) in [5.74, 6) is 0. The Morgan fingerprint density at radius 2 is 2.36 bits per heavy atom. The van der Waals surface area contributed by atoms with Crippen molar-refractivity contribution in [2.75, 3.05) is 0 Å². The molecule has 0 saturated heterocycles. The van der Waals surface area contributed by atoms with Gasteiger partial charge in [0.1, 0.15) is 0 Å². The smallest absolute Gasteiger partial charge is 0.0697 e. The molecule has 1 aromatic rings. The predicted molar refractivity (Wildman–Crippen MR) is 44.6 cm³/mol. The van der Waals surface area contributed by atoms with E-state index in [2.05, 4.69) is 23.3 Å². The number of fused-ring (bicyclic) bond motifs is 1. The molecule has 11 heavy (non-hydrogen) atoms. The summed E-state index contributed by atoms with van der Waals surface area (Å²) in [4.78, 5) is 4.28. The number of aromatic nitrogens is 1. The molecule has 2 rings (SSSR count). The summed E-state index contributed by atoms with van der Waals surface area (Å²) in [7, 11) is 0. The maximum Gasteiger partial charge on any atom is 0.0697 e. The first-order valence-corrected chi connectivity index (χ1v) is 3.58. The predicted octanol–water partition coefficient (Wildman–Crippen LogP) is 1.34. The van der Waals surface area contributed by atoms with Crippen molar-refractivity contribution >= 4 is 6.08 Å². The van der Waals surface area contributed by atoms with Crippen LogP contribution < -0.4 is 5.32 Å². The first kappa shape index (κ1) is 6.40. The number of rotatable bonds is 0. The summed E-state index contributed by atoms with van der Waals surface area (Å²) >= 11 is 0. The minimum absolute atomic E-state index is 0.829. The maximum atomic E-state index is 4.28. The van der Waals surface area contributed by atoms with Gasteiger partial charge in [-0.15, -0.1) is 0 Å². The Morgan fingerprint density at radius 3 is 3.27 bits per heavy atom. The number of nitrogens with zero attached hydrogens (tertiary/aromatic N) is 1. The van der Waals surface area contributed by atoms with Crippen LogP contribution in [-0.2, 0) is 6.54 Å². The third-order valence-corrected chi connectivity index (χ3v) is 1.72. The Morgan fingerprint density at radius 1 is 1.45 bits per heavy atom. The third kappa shape index (κ3) is 1.11. The molecule has 0 spiro atoms. The molecule has 1 N–H and O–H groups in total. The van der Waals surface area contributed by atoms with Gasteiger partial charge >= 0.3 is 0 Å². The molecule has 0 bridgehead atoms. The summed E-state index contributed by atoms with van der Waals surface area (Å²) in [6.07, 6.45) is 3.88. The SMILES string of the molecule is [CH2]c1ccc2c(n1)C=CNC2. The lowest BCUT2D eigenvalue weighted by atomic mass is 10.1. The normalized spacial score (nSPS) is 13.9. The first-order valence-electron chi connectivity index (χ1n) is 3.58. The van der Waals surface area contributed by atoms with E-state index in [0.29, 0.717) is 0 Å². The van der Waals surface area contributed by atoms with Crippen LogP contribution in [0.4, 0.5) is 0 Å². The van der Waals surface area contributed by atoms with Gasteiger partial charge in [0.05, 0.1) is 5.69 Å². The Labute approximate surface area is 66.0 Å². The average molecular weight is 145 g/mol. The molecule has 0 amide bonds. The van der Waals surface area contributed by atoms with Crippen molar-refractivity contribution in [2.24, 2.45) is 0 Å². The van der Waals surface area contributed by atoms with Gasteiger partial charge in [-0.1, -0.05) is 6.07 Å². The first-order chi connectivity index (χ1) is 5.36. The summed E-state index contributed by atoms with van der Waals surface area (Å²) in [5.41, 5.74) is 3.10. The van der Waals surface area contributed by atoms with Crippen molar-refractivity contribution in [3.8, 4) is 0 Å². The van der Waals surface area contributed by atoms with Gasteiger partial charge in [-0.3, -0.25) is 4.98 Å². The van der Waals surface area contributed by atoms with Crippen LogP contribution in [0.2, 0.25) is 0 Å². The van der Waals surface area contributed by atoms with E-state index in [1.54, 1.807) is 0 Å². The van der Waals surface area contributed by atoms with E-state index in [1.165, 1.54) is 5.56 Å². The molecule has 2 nitrogen and oxygen atoms in total. The second kappa shape index (κ2) is 2.38. The van der Waals surface area contributed by atoms with Gasteiger partial charge in [-0.2, -0.15) is 0 Å². The minimum atomic E-state index is 0.829. The van der Waals surface area contributed by atoms with Crippen LogP contribution in [0.3, 0.4) is 0 Å². The standard InChI is InChI=1S/C9H9N2/c1-7-2-3-8-6-10-5-4-9(8)11-7/h2-5,10H,1,6H2. The van der Waals surface area contributed by atoms with E-state index in [4.69, 9.17) is 0 Å². The Hall–Kier alpha value is -1.31. The molecule has 0 unspecified atom stereocenters. The minimum Gasteiger partial charge on any atom is -0.387 e. The van der Waals surface area contributed by atoms with Crippen LogP contribution in [0.25, 0.3) is 6.08 Å². The molecule has 0 saturated carbocycles. The Bertz CT molecular complexity index is 302. The van der Waals surface area contributed by atoms with Crippen molar-refractivity contribution in [3.05, 3.63) is 42.2 Å². The Kier molecular flexibility index (Phi) is 1.39. The summed E-state index contributed by atoms with van der Waals surface area (Å²) in [6.45, 7) is 4.64. The van der Waals surface area contributed by atoms with Gasteiger partial charge in [0.25, 0.3) is 0 Å². The lowest BCUT2D eigenvalue weighted by molar-refractivity contribution is 0.847. The van der Waals surface area contributed by atoms with Gasteiger partial charge in [0.15, 0.2) is 0 Å². The molecule has 1 radical (unpaired) electrons. The van der Waals surface area contributed by atoms with Crippen LogP contribution in [0.15, 0.2) is 18.3 Å². The topological polar surface area (TPSA) is 24.9 Å². The highest BCUT2D eigenvalue weighted by Gasteiger charge is 2.03. The average Bonchev–Trinajstić information content (AvgIpc) is 2.04. The molecular formula is C9H9N2. The van der Waals surface area contributed by atoms with Crippen LogP contribution in [-0.4, -0.2) is 4.98 Å². The molecule has 2 heterocycles. The fourth-order valence-electron chi connectivity index (χ4n) is 1.15. The molecule has 0 fully saturated rings. The zero-order chi connectivity index (χ0) is 7.68. The van der Waals surface area contributed by atoms with E-state index in [9.17, 15) is 0 Å². The largest absolute Gasteiger partial charge is 0.387 e. The lowest BCUT2D eigenvalue weighted by Gasteiger charge is -2.10. The second-order valence-electron chi connectivity index (χ2n) is 2.56. The van der Waals surface area contributed by atoms with E-state index in [-0.39, 0.29) is 0 Å². The van der Waals surface area contributed by atoms with Gasteiger partial charge in [-0.05, 0) is 30.8 Å². The van der Waals surface area contributed by atoms with E-state index < -0.39 is 0 Å². The molecule has 1 aliphatic rings. The van der Waals surface area contributed by atoms with Crippen molar-refractivity contribution < 1.29 is 0 Å². The van der Waals surface area contributed by atoms with Crippen molar-refractivity contribution in [1.82, 2.24) is 10.3 Å². The van der Waals surface area contributed by atoms with E-state index in [1.807, 2.05) is 18.3 Å². The summed E-state index contributed by atoms with van der Waals surface area (Å²) < 4.78 is 0. The van der Waals surface area contributed by atoms with Gasteiger partial charge < -0.3 is 5.32 Å². The molecule has 1 aliphatic heterocycles. The zero-order valence-corrected chi connectivity index (χ0v) is 6.17. The van der Waals surface area contributed by atoms with Crippen LogP contribution in [0.1, 0.15) is 17.0 Å². The van der Waals surface area contributed by atoms with E-state index in [0.717, 1.165) is 17.9 Å². The van der Waals surface area contributed by atoms with E-state index >= 15 is 0 Å². The molecule has 1 aromatic heterocycles. The van der Waals surface area contributed by atoms with Crippen molar-refractivity contribution in [1.29, 1.82) is 0 Å². The fourth-order valence-corrected chi connectivity index (χ4v) is 1.15. The quantitative estimate of drug-likeness (QED) is 0.595. The summed E-state index contributed by atoms with van der Waals surface area (Å²) in [6, 6.07) is 3.99. The van der Waals surface area contributed by atoms with Crippen LogP contribution in [0, 0.1) is 6.92 Å². The van der Waals surface area contributed by atoms with Crippen molar-refractivity contribution in [2.45, 2.75) is 6.54 Å². The monoisotopic (exact) mass is 145 g/mol. The molecule has 0 aliphatic carbocycles. The molecule has 55 valence electrons. The zero-order valence-electron chi connectivity index (χ0n) is 6.17. The van der Waals surface area contributed by atoms with Gasteiger partial charge in [0, 0.05) is 12.2 Å². The van der Waals surface area contributed by atoms with Crippen molar-refractivity contribution in [3.63, 3.8) is 0 Å². The fraction of sp³-hybridized carbons (Fsp3) is 0.111. The number of pyridine rings is 1. The highest BCUT2D eigenvalue weighted by molar-refractivity contribution is 5.51. The highest BCUT2D eigenvalue weighted by Crippen LogP contribution is 2.11. The molecule has 0 atom stereocenters. The van der Waals surface area contributed by atoms with Crippen LogP contribution >= 0.6 is 0 Å². The molecule has 0 aromatic carbocycles. The number of hydrogen-bond donors (Lipinski definition) is 1. The Balaban J connectivity index is 2.54. The highest BCUT2D eigenvalue weighted by atomic mass is 14.9. The maximum absolute atomic E-state index is 4.28. The third-order valence-electron chi connectivity index (χ3n) is 1.72. The van der Waals surface area contributed by atoms with Gasteiger partial charge in [0.2, 0.25) is 0 Å². The lowest BCUT2D eigenvalue weighted by Crippen LogP contribution is -2.11. The number of hydrogen-bond acceptors (Lipinski definition) is 2. The summed E-state index contributed by atoms with van der Waals surface area (Å²) in [5, 5.41) is 3.12. The number of nitrogens with one attached hydrogen (secondary N) is 1. The van der Waals surface area contributed by atoms with Crippen LogP contribution in [0.5, 0.6) is 0 Å². The van der Waals surface area contributed by atoms with Gasteiger partial charge in [-0.25, -0.2) is 0 Å². The molecule has 2 heteroatoms. The molecular weight excluding hydrogens is 136 g/mol.